The Balaban J connectivity index is 1.23. The molecule has 3 heterocycles. The molecule has 0 saturated carbocycles. The number of benzene rings is 2. The van der Waals surface area contributed by atoms with Gasteiger partial charge in [-0.25, -0.2) is 0 Å². The van der Waals surface area contributed by atoms with Gasteiger partial charge < -0.3 is 10.2 Å². The van der Waals surface area contributed by atoms with E-state index in [2.05, 4.69) is 37.7 Å². The molecule has 2 aromatic carbocycles. The number of aromatic nitrogens is 1. The van der Waals surface area contributed by atoms with Gasteiger partial charge in [-0.1, -0.05) is 29.8 Å². The Kier molecular flexibility index (Phi) is 4.13. The molecule has 1 fully saturated rings. The van der Waals surface area contributed by atoms with Gasteiger partial charge in [-0.15, -0.1) is 0 Å². The van der Waals surface area contributed by atoms with Crippen LogP contribution in [0.1, 0.15) is 13.9 Å². The maximum absolute atomic E-state index is 11.8. The number of halogens is 1. The Labute approximate surface area is 175 Å². The summed E-state index contributed by atoms with van der Waals surface area (Å²) in [6, 6.07) is 11.8. The summed E-state index contributed by atoms with van der Waals surface area (Å²) in [5, 5.41) is 4.36. The van der Waals surface area contributed by atoms with Crippen molar-refractivity contribution in [2.24, 2.45) is 0 Å². The fraction of sp³-hybridized carbons (Fsp3) is 0.333. The monoisotopic (exact) mass is 414 g/mol. The zero-order valence-electron chi connectivity index (χ0n) is 17.2. The molecule has 1 aromatic heterocycles. The highest BCUT2D eigenvalue weighted by molar-refractivity contribution is 7.13. The van der Waals surface area contributed by atoms with Gasteiger partial charge in [-0.3, -0.25) is 9.69 Å². The number of hydrogen-bond acceptors (Lipinski definition) is 5. The van der Waals surface area contributed by atoms with Crippen LogP contribution >= 0.6 is 23.1 Å². The highest BCUT2D eigenvalue weighted by Gasteiger charge is 2.22. The average molecular weight is 415 g/mol. The Bertz CT molecular complexity index is 1130. The van der Waals surface area contributed by atoms with Gasteiger partial charge in [0.05, 0.1) is 11.1 Å². The molecule has 1 saturated heterocycles. The third-order valence-corrected chi connectivity index (χ3v) is 6.58. The summed E-state index contributed by atoms with van der Waals surface area (Å²) in [6.45, 7) is 4.57. The first-order valence-electron chi connectivity index (χ1n) is 10.4. The average Bonchev–Trinajstić information content (AvgIpc) is 3.26. The smallest absolute Gasteiger partial charge is 0.228 e. The molecule has 28 heavy (non-hydrogen) atoms. The zero-order valence-corrected chi connectivity index (χ0v) is 16.8. The van der Waals surface area contributed by atoms with Gasteiger partial charge in [0.1, 0.15) is 5.82 Å². The van der Waals surface area contributed by atoms with Crippen LogP contribution < -0.4 is 10.2 Å². The van der Waals surface area contributed by atoms with Crippen LogP contribution in [-0.2, 0) is 17.6 Å². The van der Waals surface area contributed by atoms with Crippen LogP contribution in [0.2, 0.25) is 5.02 Å². The van der Waals surface area contributed by atoms with Crippen LogP contribution in [0.3, 0.4) is 0 Å². The minimum Gasteiger partial charge on any atom is -0.353 e. The fourth-order valence-corrected chi connectivity index (χ4v) is 4.91. The Morgan fingerprint density at radius 2 is 2.04 bits per heavy atom. The minimum atomic E-state index is -2.00. The lowest BCUT2D eigenvalue weighted by Gasteiger charge is -2.35. The Hall–Kier alpha value is -2.15. The number of piperazine rings is 1. The molecule has 0 radical (unpaired) electrons. The Morgan fingerprint density at radius 1 is 1.21 bits per heavy atom. The van der Waals surface area contributed by atoms with Crippen LogP contribution in [0.4, 0.5) is 11.5 Å². The van der Waals surface area contributed by atoms with E-state index in [0.29, 0.717) is 16.3 Å². The van der Waals surface area contributed by atoms with E-state index < -0.39 is 12.3 Å². The van der Waals surface area contributed by atoms with E-state index in [4.69, 9.17) is 14.3 Å². The highest BCUT2D eigenvalue weighted by Crippen LogP contribution is 2.31. The first kappa shape index (κ1) is 15.7. The van der Waals surface area contributed by atoms with Gasteiger partial charge in [-0.2, -0.15) is 4.37 Å². The predicted octanol–water partition coefficient (Wildman–Crippen LogP) is 3.81. The molecule has 7 heteroatoms. The SMILES string of the molecule is [2H]C1([2H])C(=O)Nc2cc(Cl)c(CCN3CCN(c4nsc5ccccc45)CC3)cc21. The topological polar surface area (TPSA) is 48.5 Å². The molecule has 2 aliphatic rings. The first-order valence-corrected chi connectivity index (χ1v) is 10.5. The van der Waals surface area contributed by atoms with Crippen LogP contribution in [0, 0.1) is 0 Å². The van der Waals surface area contributed by atoms with Crippen molar-refractivity contribution in [2.45, 2.75) is 12.8 Å². The van der Waals surface area contributed by atoms with E-state index in [1.165, 1.54) is 10.1 Å². The van der Waals surface area contributed by atoms with Gasteiger partial charge >= 0.3 is 0 Å². The lowest BCUT2D eigenvalue weighted by Crippen LogP contribution is -2.47. The third-order valence-electron chi connectivity index (χ3n) is 5.41. The number of carbonyl (C=O) groups excluding carboxylic acids is 1. The summed E-state index contributed by atoms with van der Waals surface area (Å²) in [5.74, 6) is 0.452. The molecule has 0 spiro atoms. The molecular weight excluding hydrogens is 392 g/mol. The van der Waals surface area contributed by atoms with Crippen molar-refractivity contribution in [3.05, 3.63) is 52.5 Å². The first-order chi connectivity index (χ1) is 14.4. The molecule has 3 aromatic rings. The number of fused-ring (bicyclic) bond motifs is 2. The van der Waals surface area contributed by atoms with Gasteiger partial charge in [0.15, 0.2) is 0 Å². The van der Waals surface area contributed by atoms with E-state index in [1.54, 1.807) is 23.7 Å². The minimum absolute atomic E-state index is 0.382. The normalized spacial score (nSPS) is 20.0. The van der Waals surface area contributed by atoms with Gasteiger partial charge in [-0.05, 0) is 47.3 Å². The van der Waals surface area contributed by atoms with Crippen molar-refractivity contribution in [1.82, 2.24) is 9.27 Å². The summed E-state index contributed by atoms with van der Waals surface area (Å²) >= 11 is 7.95. The molecule has 0 aliphatic carbocycles. The van der Waals surface area contributed by atoms with E-state index >= 15 is 0 Å². The van der Waals surface area contributed by atoms with Crippen LogP contribution in [0.15, 0.2) is 36.4 Å². The second kappa shape index (κ2) is 7.35. The lowest BCUT2D eigenvalue weighted by atomic mass is 10.1. The molecule has 144 valence electrons. The zero-order chi connectivity index (χ0) is 20.9. The fourth-order valence-electron chi connectivity index (χ4n) is 3.85. The van der Waals surface area contributed by atoms with Crippen LogP contribution in [-0.4, -0.2) is 47.9 Å². The number of rotatable bonds is 4. The second-order valence-electron chi connectivity index (χ2n) is 7.15. The van der Waals surface area contributed by atoms with Crippen molar-refractivity contribution in [2.75, 3.05) is 42.9 Å². The number of amides is 1. The van der Waals surface area contributed by atoms with E-state index in [-0.39, 0.29) is 0 Å². The molecule has 5 rings (SSSR count). The molecule has 1 N–H and O–H groups in total. The summed E-state index contributed by atoms with van der Waals surface area (Å²) in [7, 11) is 0. The summed E-state index contributed by atoms with van der Waals surface area (Å²) in [5.41, 5.74) is 1.73. The highest BCUT2D eigenvalue weighted by atomic mass is 35.5. The summed E-state index contributed by atoms with van der Waals surface area (Å²) < 4.78 is 21.9. The van der Waals surface area contributed by atoms with Crippen molar-refractivity contribution < 1.29 is 7.54 Å². The molecule has 0 atom stereocenters. The molecule has 5 nitrogen and oxygen atoms in total. The number of nitrogens with zero attached hydrogens (tertiary/aromatic N) is 3. The largest absolute Gasteiger partial charge is 0.353 e. The van der Waals surface area contributed by atoms with E-state index in [9.17, 15) is 4.79 Å². The van der Waals surface area contributed by atoms with Gasteiger partial charge in [0, 0.05) is 51.6 Å². The van der Waals surface area contributed by atoms with Crippen molar-refractivity contribution in [1.29, 1.82) is 0 Å². The van der Waals surface area contributed by atoms with E-state index in [0.717, 1.165) is 50.5 Å². The van der Waals surface area contributed by atoms with Crippen LogP contribution in [0.25, 0.3) is 10.1 Å². The number of carbonyl (C=O) groups is 1. The molecule has 1 amide bonds. The van der Waals surface area contributed by atoms with Gasteiger partial charge in [0.2, 0.25) is 5.91 Å². The third kappa shape index (κ3) is 3.36. The maximum Gasteiger partial charge on any atom is 0.228 e. The standard InChI is InChI=1S/C21H21ClN4OS/c22-17-13-18-15(12-20(27)23-18)11-14(17)5-6-25-7-9-26(10-8-25)21-16-3-1-2-4-19(16)28-24-21/h1-4,11,13H,5-10,12H2,(H,23,27)/i12D2. The molecule has 2 aliphatic heterocycles. The second-order valence-corrected chi connectivity index (χ2v) is 8.36. The lowest BCUT2D eigenvalue weighted by molar-refractivity contribution is -0.115. The van der Waals surface area contributed by atoms with E-state index in [1.807, 2.05) is 6.07 Å². The summed E-state index contributed by atoms with van der Waals surface area (Å²) in [6.07, 6.45) is -1.29. The number of nitrogens with one attached hydrogen (secondary N) is 1. The quantitative estimate of drug-likeness (QED) is 0.705. The van der Waals surface area contributed by atoms with Crippen molar-refractivity contribution in [3.8, 4) is 0 Å². The Morgan fingerprint density at radius 3 is 2.89 bits per heavy atom. The number of anilines is 2. The maximum atomic E-state index is 11.8. The summed E-state index contributed by atoms with van der Waals surface area (Å²) in [4.78, 5) is 16.6. The van der Waals surface area contributed by atoms with Crippen molar-refractivity contribution in [3.63, 3.8) is 0 Å². The predicted molar refractivity (Wildman–Crippen MR) is 116 cm³/mol. The van der Waals surface area contributed by atoms with Gasteiger partial charge in [0.25, 0.3) is 0 Å². The number of hydrogen-bond donors (Lipinski definition) is 1. The molecular formula is C21H21ClN4OS. The van der Waals surface area contributed by atoms with Crippen molar-refractivity contribution >= 4 is 50.6 Å². The molecule has 0 bridgehead atoms. The van der Waals surface area contributed by atoms with Crippen LogP contribution in [0.5, 0.6) is 0 Å². The molecule has 0 unspecified atom stereocenters.